The lowest BCUT2D eigenvalue weighted by Gasteiger charge is -2.32. The maximum Gasteiger partial charge on any atom is 0.0619 e. The molecule has 0 aliphatic heterocycles. The minimum atomic E-state index is 1.05. The van der Waals surface area contributed by atoms with Crippen LogP contribution in [0.3, 0.4) is 0 Å². The van der Waals surface area contributed by atoms with Crippen molar-refractivity contribution in [2.24, 2.45) is 0 Å². The van der Waals surface area contributed by atoms with Crippen LogP contribution in [0.15, 0.2) is 279 Å². The maximum atomic E-state index is 2.50. The summed E-state index contributed by atoms with van der Waals surface area (Å²) < 4.78 is 2.43. The number of benzene rings is 11. The number of hydrogen-bond donors (Lipinski definition) is 0. The van der Waals surface area contributed by atoms with Gasteiger partial charge in [-0.2, -0.15) is 0 Å². The highest BCUT2D eigenvalue weighted by Crippen LogP contribution is 2.50. The van der Waals surface area contributed by atoms with Crippen molar-refractivity contribution in [1.29, 1.82) is 0 Å². The average molecular weight is 867 g/mol. The minimum absolute atomic E-state index is 1.05. The van der Waals surface area contributed by atoms with Gasteiger partial charge >= 0.3 is 0 Å². The lowest BCUT2D eigenvalue weighted by atomic mass is 9.87. The molecule has 320 valence electrons. The predicted octanol–water partition coefficient (Wildman–Crippen LogP) is 18.3. The molecule has 0 aliphatic carbocycles. The van der Waals surface area contributed by atoms with Crippen molar-refractivity contribution in [3.63, 3.8) is 0 Å². The molecule has 0 fully saturated rings. The number of nitrogens with zero attached hydrogens (tertiary/aromatic N) is 2. The lowest BCUT2D eigenvalue weighted by Crippen LogP contribution is -2.13. The summed E-state index contributed by atoms with van der Waals surface area (Å²) in [7, 11) is 0. The van der Waals surface area contributed by atoms with Crippen LogP contribution in [0.1, 0.15) is 0 Å². The van der Waals surface area contributed by atoms with E-state index >= 15 is 0 Å². The van der Waals surface area contributed by atoms with E-state index in [1.165, 1.54) is 49.6 Å². The number of hydrogen-bond acceptors (Lipinski definition) is 1. The highest BCUT2D eigenvalue weighted by atomic mass is 15.1. The van der Waals surface area contributed by atoms with Crippen LogP contribution in [-0.4, -0.2) is 4.57 Å². The first-order chi connectivity index (χ1) is 33.8. The van der Waals surface area contributed by atoms with Crippen molar-refractivity contribution in [2.75, 3.05) is 4.90 Å². The highest BCUT2D eigenvalue weighted by molar-refractivity contribution is 6.14. The fraction of sp³-hybridized carbons (Fsp3) is 0. The first kappa shape index (κ1) is 40.5. The molecular formula is C66H46N2. The molecule has 0 spiro atoms. The van der Waals surface area contributed by atoms with Crippen LogP contribution in [0, 0.1) is 0 Å². The third kappa shape index (κ3) is 7.35. The molecule has 0 radical (unpaired) electrons. The fourth-order valence-electron chi connectivity index (χ4n) is 10.1. The second kappa shape index (κ2) is 17.8. The van der Waals surface area contributed by atoms with E-state index in [0.29, 0.717) is 0 Å². The first-order valence-electron chi connectivity index (χ1n) is 23.3. The quantitative estimate of drug-likeness (QED) is 0.133. The summed E-state index contributed by atoms with van der Waals surface area (Å²) in [5.41, 5.74) is 20.7. The van der Waals surface area contributed by atoms with Gasteiger partial charge in [0.1, 0.15) is 0 Å². The van der Waals surface area contributed by atoms with Gasteiger partial charge in [0.05, 0.1) is 22.4 Å². The van der Waals surface area contributed by atoms with Crippen LogP contribution in [0.4, 0.5) is 17.1 Å². The fourth-order valence-corrected chi connectivity index (χ4v) is 10.1. The van der Waals surface area contributed by atoms with Gasteiger partial charge in [0.15, 0.2) is 0 Å². The molecule has 0 aliphatic rings. The topological polar surface area (TPSA) is 8.17 Å². The SMILES string of the molecule is c1ccc(-c2ccc(-c3ccccc3N(c3cccc(-c4cccc5c6ccccc6n(-c6ccccc6)c45)c3)c3cccc(-c4ccccc4)c3-c3ccccc3-c3ccccc3)cc2)cc1. The maximum absolute atomic E-state index is 2.50. The molecule has 2 nitrogen and oxygen atoms in total. The Morgan fingerprint density at radius 2 is 0.721 bits per heavy atom. The van der Waals surface area contributed by atoms with Crippen LogP contribution in [0.2, 0.25) is 0 Å². The molecule has 0 amide bonds. The van der Waals surface area contributed by atoms with Gasteiger partial charge in [0.25, 0.3) is 0 Å². The van der Waals surface area contributed by atoms with Gasteiger partial charge < -0.3 is 9.47 Å². The Hall–Kier alpha value is -8.98. The molecule has 12 rings (SSSR count). The van der Waals surface area contributed by atoms with Crippen molar-refractivity contribution in [1.82, 2.24) is 4.57 Å². The van der Waals surface area contributed by atoms with Crippen molar-refractivity contribution >= 4 is 38.9 Å². The van der Waals surface area contributed by atoms with Crippen LogP contribution in [-0.2, 0) is 0 Å². The smallest absolute Gasteiger partial charge is 0.0619 e. The van der Waals surface area contributed by atoms with Crippen LogP contribution in [0.25, 0.3) is 94.3 Å². The summed E-state index contributed by atoms with van der Waals surface area (Å²) in [6, 6.07) is 101. The molecule has 0 unspecified atom stereocenters. The summed E-state index contributed by atoms with van der Waals surface area (Å²) in [5, 5.41) is 2.46. The van der Waals surface area contributed by atoms with Gasteiger partial charge in [0, 0.05) is 38.8 Å². The van der Waals surface area contributed by atoms with Gasteiger partial charge in [-0.15, -0.1) is 0 Å². The minimum Gasteiger partial charge on any atom is -0.309 e. The normalized spacial score (nSPS) is 11.2. The molecule has 1 aromatic heterocycles. The molecule has 0 atom stereocenters. The van der Waals surface area contributed by atoms with Gasteiger partial charge in [-0.25, -0.2) is 0 Å². The van der Waals surface area contributed by atoms with Gasteiger partial charge in [0.2, 0.25) is 0 Å². The van der Waals surface area contributed by atoms with E-state index in [-0.39, 0.29) is 0 Å². The first-order valence-corrected chi connectivity index (χ1v) is 23.3. The van der Waals surface area contributed by atoms with Crippen LogP contribution < -0.4 is 4.90 Å². The summed E-state index contributed by atoms with van der Waals surface area (Å²) in [6.45, 7) is 0. The van der Waals surface area contributed by atoms with E-state index in [4.69, 9.17) is 0 Å². The molecule has 0 bridgehead atoms. The van der Waals surface area contributed by atoms with Crippen LogP contribution in [0.5, 0.6) is 0 Å². The van der Waals surface area contributed by atoms with Crippen molar-refractivity contribution in [2.45, 2.75) is 0 Å². The van der Waals surface area contributed by atoms with Crippen molar-refractivity contribution in [3.8, 4) is 72.4 Å². The number of para-hydroxylation sites is 4. The number of anilines is 3. The van der Waals surface area contributed by atoms with Gasteiger partial charge in [-0.3, -0.25) is 0 Å². The second-order valence-electron chi connectivity index (χ2n) is 17.2. The Kier molecular flexibility index (Phi) is 10.6. The zero-order chi connectivity index (χ0) is 45.2. The van der Waals surface area contributed by atoms with Crippen LogP contribution >= 0.6 is 0 Å². The van der Waals surface area contributed by atoms with E-state index < -0.39 is 0 Å². The van der Waals surface area contributed by atoms with Crippen molar-refractivity contribution in [3.05, 3.63) is 279 Å². The van der Waals surface area contributed by atoms with Gasteiger partial charge in [-0.05, 0) is 92.5 Å². The number of fused-ring (bicyclic) bond motifs is 3. The molecular weight excluding hydrogens is 821 g/mol. The largest absolute Gasteiger partial charge is 0.309 e. The van der Waals surface area contributed by atoms with Gasteiger partial charge in [-0.1, -0.05) is 237 Å². The highest BCUT2D eigenvalue weighted by Gasteiger charge is 2.25. The Balaban J connectivity index is 1.13. The number of rotatable bonds is 10. The summed E-state index contributed by atoms with van der Waals surface area (Å²) in [4.78, 5) is 2.50. The molecule has 11 aromatic carbocycles. The molecule has 68 heavy (non-hydrogen) atoms. The van der Waals surface area contributed by atoms with E-state index in [1.54, 1.807) is 0 Å². The molecule has 2 heteroatoms. The van der Waals surface area contributed by atoms with E-state index in [2.05, 4.69) is 289 Å². The molecule has 0 saturated heterocycles. The molecule has 1 heterocycles. The summed E-state index contributed by atoms with van der Waals surface area (Å²) in [6.07, 6.45) is 0. The monoisotopic (exact) mass is 866 g/mol. The standard InChI is InChI=1S/C66H46N2/c1-5-22-47(23-6-1)48-42-44-51(45-43-48)56-33-15-17-39-62(56)67(64-41-21-36-57(50-26-9-3-10-27-50)65(64)60-35-14-13-32-55(60)49-24-7-2-8-25-49)54-31-19-28-52(46-54)58-37-20-38-61-59-34-16-18-40-63(59)68(66(58)61)53-29-11-4-12-30-53/h1-46H. The van der Waals surface area contributed by atoms with E-state index in [0.717, 1.165) is 61.7 Å². The Bertz CT molecular complexity index is 3710. The lowest BCUT2D eigenvalue weighted by molar-refractivity contribution is 1.18. The molecule has 12 aromatic rings. The van der Waals surface area contributed by atoms with E-state index in [9.17, 15) is 0 Å². The zero-order valence-electron chi connectivity index (χ0n) is 37.5. The summed E-state index contributed by atoms with van der Waals surface area (Å²) in [5.74, 6) is 0. The Labute approximate surface area is 397 Å². The summed E-state index contributed by atoms with van der Waals surface area (Å²) >= 11 is 0. The molecule has 0 N–H and O–H groups in total. The van der Waals surface area contributed by atoms with Crippen molar-refractivity contribution < 1.29 is 0 Å². The zero-order valence-corrected chi connectivity index (χ0v) is 37.5. The third-order valence-electron chi connectivity index (χ3n) is 13.2. The predicted molar refractivity (Wildman–Crippen MR) is 288 cm³/mol. The second-order valence-corrected chi connectivity index (χ2v) is 17.2. The van der Waals surface area contributed by atoms with E-state index in [1.807, 2.05) is 0 Å². The number of aromatic nitrogens is 1. The molecule has 0 saturated carbocycles. The Morgan fingerprint density at radius 3 is 1.46 bits per heavy atom. The Morgan fingerprint density at radius 1 is 0.265 bits per heavy atom. The third-order valence-corrected chi connectivity index (χ3v) is 13.2. The average Bonchev–Trinajstić information content (AvgIpc) is 3.77.